The Morgan fingerprint density at radius 3 is 1.42 bits per heavy atom. The van der Waals surface area contributed by atoms with Crippen molar-refractivity contribution < 1.29 is 23.9 Å². The lowest BCUT2D eigenvalue weighted by molar-refractivity contribution is -0.139. The van der Waals surface area contributed by atoms with Gasteiger partial charge in [0.25, 0.3) is 0 Å². The second-order valence-corrected chi connectivity index (χ2v) is 2.78. The van der Waals surface area contributed by atoms with E-state index >= 15 is 0 Å². The summed E-state index contributed by atoms with van der Waals surface area (Å²) in [5.41, 5.74) is 4.53. The van der Waals surface area contributed by atoms with Crippen molar-refractivity contribution in [2.75, 3.05) is 13.2 Å². The van der Waals surface area contributed by atoms with Crippen LogP contribution in [-0.4, -0.2) is 31.1 Å². The summed E-state index contributed by atoms with van der Waals surface area (Å²) in [4.78, 5) is 31.1. The Morgan fingerprint density at radius 1 is 0.895 bits per heavy atom. The molecule has 0 radical (unpaired) electrons. The number of amides is 1. The van der Waals surface area contributed by atoms with Crippen LogP contribution in [0.25, 0.3) is 0 Å². The zero-order valence-corrected chi connectivity index (χ0v) is 10.5. The van der Waals surface area contributed by atoms with Crippen molar-refractivity contribution in [3.63, 3.8) is 0 Å². The van der Waals surface area contributed by atoms with Crippen LogP contribution in [0.4, 0.5) is 0 Å². The van der Waals surface area contributed by atoms with E-state index in [1.54, 1.807) is 0 Å². The van der Waals surface area contributed by atoms with Gasteiger partial charge < -0.3 is 15.2 Å². The molecule has 0 aliphatic carbocycles. The number of ether oxygens (including phenoxy) is 2. The van der Waals surface area contributed by atoms with Gasteiger partial charge in [0, 0.05) is 12.2 Å². The average molecular weight is 267 g/mol. The largest absolute Gasteiger partial charge is 0.458 e. The molecule has 19 heavy (non-hydrogen) atoms. The Hall–Kier alpha value is -2.63. The summed E-state index contributed by atoms with van der Waals surface area (Å²) in [7, 11) is 0. The highest BCUT2D eigenvalue weighted by Gasteiger charge is 1.98. The van der Waals surface area contributed by atoms with Crippen LogP contribution in [0.1, 0.15) is 0 Å². The standard InChI is InChI=1S/C10H12O4.C3H5NO/c1-3-7-13-9(11)5-6-10(12)14-8-4-2;1-2-3(4)5/h3-6H,1-2,7-8H2;2H,1H2,(H2,4,5)/b6-5+;. The van der Waals surface area contributed by atoms with E-state index < -0.39 is 17.8 Å². The van der Waals surface area contributed by atoms with Crippen LogP contribution in [0, 0.1) is 0 Å². The highest BCUT2D eigenvalue weighted by molar-refractivity contribution is 5.91. The molecule has 0 unspecified atom stereocenters. The molecule has 0 spiro atoms. The first-order valence-electron chi connectivity index (χ1n) is 5.13. The van der Waals surface area contributed by atoms with Gasteiger partial charge in [-0.25, -0.2) is 9.59 Å². The molecule has 6 heteroatoms. The van der Waals surface area contributed by atoms with E-state index in [1.807, 2.05) is 0 Å². The second-order valence-electron chi connectivity index (χ2n) is 2.78. The first kappa shape index (κ1) is 18.7. The quantitative estimate of drug-likeness (QED) is 0.415. The summed E-state index contributed by atoms with van der Waals surface area (Å²) in [6.07, 6.45) is 5.91. The van der Waals surface area contributed by atoms with Gasteiger partial charge in [0.2, 0.25) is 5.91 Å². The molecule has 2 N–H and O–H groups in total. The molecule has 6 nitrogen and oxygen atoms in total. The SMILES string of the molecule is C=CC(N)=O.C=CCOC(=O)/C=C/C(=O)OCC=C. The van der Waals surface area contributed by atoms with E-state index in [0.29, 0.717) is 0 Å². The van der Waals surface area contributed by atoms with Gasteiger partial charge in [-0.05, 0) is 6.08 Å². The lowest BCUT2D eigenvalue weighted by atomic mass is 10.5. The topological polar surface area (TPSA) is 95.7 Å². The predicted octanol–water partition coefficient (Wildman–Crippen LogP) is 0.659. The first-order chi connectivity index (χ1) is 8.97. The molecule has 0 rings (SSSR count). The van der Waals surface area contributed by atoms with E-state index in [1.165, 1.54) is 12.2 Å². The number of rotatable bonds is 7. The molecule has 0 atom stereocenters. The van der Waals surface area contributed by atoms with Crippen molar-refractivity contribution in [1.29, 1.82) is 0 Å². The summed E-state index contributed by atoms with van der Waals surface area (Å²) in [5, 5.41) is 0. The predicted molar refractivity (Wildman–Crippen MR) is 70.8 cm³/mol. The zero-order chi connectivity index (χ0) is 15.1. The van der Waals surface area contributed by atoms with Gasteiger partial charge in [-0.2, -0.15) is 0 Å². The van der Waals surface area contributed by atoms with E-state index in [2.05, 4.69) is 34.9 Å². The molecule has 0 bridgehead atoms. The molecule has 1 amide bonds. The van der Waals surface area contributed by atoms with E-state index in [-0.39, 0.29) is 13.2 Å². The fraction of sp³-hybridized carbons (Fsp3) is 0.154. The van der Waals surface area contributed by atoms with Crippen LogP contribution >= 0.6 is 0 Å². The average Bonchev–Trinajstić information content (AvgIpc) is 2.40. The third kappa shape index (κ3) is 18.0. The molecule has 0 heterocycles. The number of hydrogen-bond acceptors (Lipinski definition) is 5. The Bertz CT molecular complexity index is 345. The summed E-state index contributed by atoms with van der Waals surface area (Å²) in [5.74, 6) is -1.70. The van der Waals surface area contributed by atoms with Crippen LogP contribution in [-0.2, 0) is 23.9 Å². The smallest absolute Gasteiger partial charge is 0.331 e. The third-order valence-corrected chi connectivity index (χ3v) is 1.24. The first-order valence-corrected chi connectivity index (χ1v) is 5.13. The lowest BCUT2D eigenvalue weighted by Gasteiger charge is -1.96. The summed E-state index contributed by atoms with van der Waals surface area (Å²) >= 11 is 0. The van der Waals surface area contributed by atoms with Gasteiger partial charge in [-0.3, -0.25) is 4.79 Å². The monoisotopic (exact) mass is 267 g/mol. The summed E-state index contributed by atoms with van der Waals surface area (Å²) in [6.45, 7) is 10.0. The van der Waals surface area contributed by atoms with Crippen molar-refractivity contribution in [2.24, 2.45) is 5.73 Å². The zero-order valence-electron chi connectivity index (χ0n) is 10.5. The fourth-order valence-corrected chi connectivity index (χ4v) is 0.514. The van der Waals surface area contributed by atoms with Gasteiger partial charge in [-0.1, -0.05) is 31.9 Å². The second kappa shape index (κ2) is 13.4. The number of carbonyl (C=O) groups is 3. The third-order valence-electron chi connectivity index (χ3n) is 1.24. The minimum Gasteiger partial charge on any atom is -0.458 e. The molecule has 0 saturated heterocycles. The minimum absolute atomic E-state index is 0.116. The highest BCUT2D eigenvalue weighted by atomic mass is 16.5. The van der Waals surface area contributed by atoms with Crippen molar-refractivity contribution in [2.45, 2.75) is 0 Å². The van der Waals surface area contributed by atoms with Crippen LogP contribution in [0.3, 0.4) is 0 Å². The molecule has 0 fully saturated rings. The van der Waals surface area contributed by atoms with Crippen molar-refractivity contribution in [1.82, 2.24) is 0 Å². The highest BCUT2D eigenvalue weighted by Crippen LogP contribution is 1.86. The van der Waals surface area contributed by atoms with Gasteiger partial charge >= 0.3 is 11.9 Å². The van der Waals surface area contributed by atoms with Crippen LogP contribution in [0.5, 0.6) is 0 Å². The molecule has 0 aromatic heterocycles. The molecule has 0 aromatic rings. The van der Waals surface area contributed by atoms with Crippen molar-refractivity contribution in [3.8, 4) is 0 Å². The molecule has 0 aromatic carbocycles. The molecule has 0 aliphatic rings. The number of carbonyl (C=O) groups excluding carboxylic acids is 3. The molecular formula is C13H17NO5. The molecular weight excluding hydrogens is 250 g/mol. The summed E-state index contributed by atoms with van der Waals surface area (Å²) in [6, 6.07) is 0. The van der Waals surface area contributed by atoms with Gasteiger partial charge in [0.15, 0.2) is 0 Å². The maximum absolute atomic E-state index is 10.8. The van der Waals surface area contributed by atoms with Crippen LogP contribution in [0.2, 0.25) is 0 Å². The van der Waals surface area contributed by atoms with Gasteiger partial charge in [0.1, 0.15) is 13.2 Å². The lowest BCUT2D eigenvalue weighted by Crippen LogP contribution is -2.04. The van der Waals surface area contributed by atoms with E-state index in [4.69, 9.17) is 0 Å². The Morgan fingerprint density at radius 2 is 1.21 bits per heavy atom. The molecule has 0 saturated carbocycles. The number of hydrogen-bond donors (Lipinski definition) is 1. The van der Waals surface area contributed by atoms with Gasteiger partial charge in [-0.15, -0.1) is 0 Å². The minimum atomic E-state index is -0.611. The number of primary amides is 1. The Kier molecular flexibility index (Phi) is 13.2. The fourth-order valence-electron chi connectivity index (χ4n) is 0.514. The maximum atomic E-state index is 10.8. The normalized spacial score (nSPS) is 8.63. The molecule has 104 valence electrons. The van der Waals surface area contributed by atoms with Crippen molar-refractivity contribution >= 4 is 17.8 Å². The van der Waals surface area contributed by atoms with E-state index in [0.717, 1.165) is 18.2 Å². The summed E-state index contributed by atoms with van der Waals surface area (Å²) < 4.78 is 9.15. The van der Waals surface area contributed by atoms with Gasteiger partial charge in [0.05, 0.1) is 0 Å². The Balaban J connectivity index is 0. The number of nitrogens with two attached hydrogens (primary N) is 1. The Labute approximate surface area is 111 Å². The van der Waals surface area contributed by atoms with Crippen LogP contribution in [0.15, 0.2) is 50.1 Å². The van der Waals surface area contributed by atoms with E-state index in [9.17, 15) is 14.4 Å². The van der Waals surface area contributed by atoms with Crippen LogP contribution < -0.4 is 5.73 Å². The number of esters is 2. The van der Waals surface area contributed by atoms with Crippen molar-refractivity contribution in [3.05, 3.63) is 50.1 Å². The maximum Gasteiger partial charge on any atom is 0.331 e. The molecule has 0 aliphatic heterocycles.